The Labute approximate surface area is 168 Å². The van der Waals surface area contributed by atoms with Crippen LogP contribution in [0, 0.1) is 32.6 Å². The Morgan fingerprint density at radius 2 is 1.38 bits per heavy atom. The molecule has 0 aromatic carbocycles. The molecule has 1 aromatic heterocycles. The van der Waals surface area contributed by atoms with Crippen LogP contribution in [-0.2, 0) is 9.59 Å². The molecule has 0 aliphatic heterocycles. The molecular formula is C16H22KN2O2+. The zero-order chi connectivity index (χ0) is 15.0. The van der Waals surface area contributed by atoms with E-state index in [1.54, 1.807) is 0 Å². The van der Waals surface area contributed by atoms with E-state index in [0.29, 0.717) is 30.1 Å². The minimum atomic E-state index is -0.697. The molecule has 0 radical (unpaired) electrons. The third-order valence-corrected chi connectivity index (χ3v) is 4.30. The van der Waals surface area contributed by atoms with Crippen molar-refractivity contribution in [1.82, 2.24) is 9.97 Å². The third kappa shape index (κ3) is 4.08. The van der Waals surface area contributed by atoms with Crippen molar-refractivity contribution in [2.75, 3.05) is 0 Å². The van der Waals surface area contributed by atoms with Gasteiger partial charge in [0, 0.05) is 12.8 Å². The van der Waals surface area contributed by atoms with Crippen molar-refractivity contribution in [1.29, 1.82) is 0 Å². The maximum absolute atomic E-state index is 12.4. The monoisotopic (exact) mass is 313 g/mol. The normalized spacial score (nSPS) is 22.4. The van der Waals surface area contributed by atoms with E-state index < -0.39 is 5.92 Å². The minimum absolute atomic E-state index is 0. The summed E-state index contributed by atoms with van der Waals surface area (Å²) in [7, 11) is 0. The van der Waals surface area contributed by atoms with E-state index in [2.05, 4.69) is 23.8 Å². The molecule has 0 spiro atoms. The Morgan fingerprint density at radius 1 is 0.905 bits per heavy atom. The predicted molar refractivity (Wildman–Crippen MR) is 76.6 cm³/mol. The molecule has 108 valence electrons. The summed E-state index contributed by atoms with van der Waals surface area (Å²) < 4.78 is 0. The number of aromatic nitrogens is 2. The van der Waals surface area contributed by atoms with E-state index in [1.165, 1.54) is 0 Å². The first kappa shape index (κ1) is 19.1. The molecule has 0 N–H and O–H groups in total. The smallest absolute Gasteiger partial charge is 0.298 e. The van der Waals surface area contributed by atoms with Gasteiger partial charge in [0.05, 0.1) is 22.8 Å². The zero-order valence-corrected chi connectivity index (χ0v) is 17.0. The van der Waals surface area contributed by atoms with E-state index in [-0.39, 0.29) is 68.9 Å². The van der Waals surface area contributed by atoms with Crippen molar-refractivity contribution >= 4 is 11.6 Å². The molecule has 0 unspecified atom stereocenters. The van der Waals surface area contributed by atoms with Crippen LogP contribution in [0.3, 0.4) is 0 Å². The van der Waals surface area contributed by atoms with Gasteiger partial charge in [0.25, 0.3) is 0 Å². The molecule has 0 bridgehead atoms. The number of hydrogen-bond acceptors (Lipinski definition) is 4. The SMILES string of the molecule is Cc1nc(C)c(C2C(=O)CC(C(C)C)CC2=O)nc1C.[K+]. The van der Waals surface area contributed by atoms with Crippen LogP contribution >= 0.6 is 0 Å². The maximum atomic E-state index is 12.4. The van der Waals surface area contributed by atoms with Gasteiger partial charge in [-0.3, -0.25) is 19.6 Å². The van der Waals surface area contributed by atoms with Crippen LogP contribution < -0.4 is 51.4 Å². The molecule has 2 rings (SSSR count). The van der Waals surface area contributed by atoms with Crippen LogP contribution in [0.2, 0.25) is 0 Å². The van der Waals surface area contributed by atoms with Gasteiger partial charge in [-0.2, -0.15) is 0 Å². The molecule has 1 saturated carbocycles. The average Bonchev–Trinajstić information content (AvgIpc) is 2.34. The first-order chi connectivity index (χ1) is 9.31. The first-order valence-corrected chi connectivity index (χ1v) is 7.18. The molecule has 1 heterocycles. The first-order valence-electron chi connectivity index (χ1n) is 7.18. The maximum Gasteiger partial charge on any atom is 1.00 e. The van der Waals surface area contributed by atoms with Crippen molar-refractivity contribution in [3.05, 3.63) is 22.8 Å². The molecule has 1 aliphatic rings. The van der Waals surface area contributed by atoms with Gasteiger partial charge < -0.3 is 0 Å². The summed E-state index contributed by atoms with van der Waals surface area (Å²) in [5, 5.41) is 0. The summed E-state index contributed by atoms with van der Waals surface area (Å²) >= 11 is 0. The van der Waals surface area contributed by atoms with E-state index >= 15 is 0 Å². The van der Waals surface area contributed by atoms with Gasteiger partial charge in [0.2, 0.25) is 0 Å². The van der Waals surface area contributed by atoms with Crippen LogP contribution in [0.5, 0.6) is 0 Å². The standard InChI is InChI=1S/C16H22N2O2.K/c1-8(2)12-6-13(19)15(14(20)7-12)16-11(5)17-9(3)10(4)18-16;/h8,12,15H,6-7H2,1-5H3;/q;+1. The quantitative estimate of drug-likeness (QED) is 0.555. The Balaban J connectivity index is 0.00000220. The summed E-state index contributed by atoms with van der Waals surface area (Å²) in [6, 6.07) is 0. The van der Waals surface area contributed by atoms with Crippen LogP contribution in [0.4, 0.5) is 0 Å². The van der Waals surface area contributed by atoms with E-state index in [4.69, 9.17) is 0 Å². The average molecular weight is 313 g/mol. The van der Waals surface area contributed by atoms with Gasteiger partial charge >= 0.3 is 51.4 Å². The van der Waals surface area contributed by atoms with Crippen molar-refractivity contribution < 1.29 is 61.0 Å². The molecule has 4 nitrogen and oxygen atoms in total. The van der Waals surface area contributed by atoms with Crippen LogP contribution in [0.1, 0.15) is 55.4 Å². The Hall–Kier alpha value is 0.0564. The molecule has 0 atom stereocenters. The van der Waals surface area contributed by atoms with Gasteiger partial charge in [-0.1, -0.05) is 13.8 Å². The minimum Gasteiger partial charge on any atom is -0.298 e. The summed E-state index contributed by atoms with van der Waals surface area (Å²) in [6.45, 7) is 9.70. The Morgan fingerprint density at radius 3 is 1.86 bits per heavy atom. The van der Waals surface area contributed by atoms with E-state index in [9.17, 15) is 9.59 Å². The fourth-order valence-electron chi connectivity index (χ4n) is 2.79. The fourth-order valence-corrected chi connectivity index (χ4v) is 2.79. The van der Waals surface area contributed by atoms with Crippen LogP contribution in [0.25, 0.3) is 0 Å². The number of carbonyl (C=O) groups is 2. The number of nitrogens with zero attached hydrogens (tertiary/aromatic N) is 2. The van der Waals surface area contributed by atoms with Crippen molar-refractivity contribution in [3.63, 3.8) is 0 Å². The Kier molecular flexibility index (Phi) is 6.87. The van der Waals surface area contributed by atoms with Gasteiger partial charge in [-0.05, 0) is 32.6 Å². The largest absolute Gasteiger partial charge is 1.00 e. The van der Waals surface area contributed by atoms with Crippen molar-refractivity contribution in [3.8, 4) is 0 Å². The second-order valence-electron chi connectivity index (χ2n) is 6.14. The second-order valence-corrected chi connectivity index (χ2v) is 6.14. The number of aryl methyl sites for hydroxylation is 3. The molecule has 0 amide bonds. The van der Waals surface area contributed by atoms with Gasteiger partial charge in [-0.15, -0.1) is 0 Å². The number of Topliss-reactive ketones (excluding diaryl/α,β-unsaturated/α-hetero) is 2. The number of ketones is 2. The molecule has 1 aliphatic carbocycles. The predicted octanol–water partition coefficient (Wildman–Crippen LogP) is -0.306. The topological polar surface area (TPSA) is 59.9 Å². The van der Waals surface area contributed by atoms with Crippen LogP contribution in [0.15, 0.2) is 0 Å². The Bertz CT molecular complexity index is 552. The molecule has 1 aromatic rings. The van der Waals surface area contributed by atoms with Gasteiger partial charge in [0.15, 0.2) is 0 Å². The zero-order valence-electron chi connectivity index (χ0n) is 13.9. The summed E-state index contributed by atoms with van der Waals surface area (Å²) in [4.78, 5) is 33.6. The fraction of sp³-hybridized carbons (Fsp3) is 0.625. The number of rotatable bonds is 2. The molecule has 0 saturated heterocycles. The second kappa shape index (κ2) is 7.55. The van der Waals surface area contributed by atoms with E-state index in [1.807, 2.05) is 20.8 Å². The van der Waals surface area contributed by atoms with Gasteiger partial charge in [0.1, 0.15) is 17.5 Å². The van der Waals surface area contributed by atoms with Crippen molar-refractivity contribution in [2.45, 2.75) is 53.4 Å². The third-order valence-electron chi connectivity index (χ3n) is 4.30. The number of hydrogen-bond donors (Lipinski definition) is 0. The number of carbonyl (C=O) groups excluding carboxylic acids is 2. The van der Waals surface area contributed by atoms with E-state index in [0.717, 1.165) is 11.4 Å². The van der Waals surface area contributed by atoms with Gasteiger partial charge in [-0.25, -0.2) is 0 Å². The summed E-state index contributed by atoms with van der Waals surface area (Å²) in [5.74, 6) is -0.167. The summed E-state index contributed by atoms with van der Waals surface area (Å²) in [5.41, 5.74) is 2.90. The molecule has 1 fully saturated rings. The van der Waals surface area contributed by atoms with Crippen LogP contribution in [-0.4, -0.2) is 21.5 Å². The molecule has 5 heteroatoms. The molecular weight excluding hydrogens is 291 g/mol. The van der Waals surface area contributed by atoms with Crippen molar-refractivity contribution in [2.24, 2.45) is 11.8 Å². The summed E-state index contributed by atoms with van der Waals surface area (Å²) in [6.07, 6.45) is 0.949. The molecule has 21 heavy (non-hydrogen) atoms.